The van der Waals surface area contributed by atoms with Crippen LogP contribution in [0.3, 0.4) is 0 Å². The smallest absolute Gasteiger partial charge is 0.0234 e. The third-order valence-electron chi connectivity index (χ3n) is 4.26. The summed E-state index contributed by atoms with van der Waals surface area (Å²) < 4.78 is 0. The zero-order valence-corrected chi connectivity index (χ0v) is 12.8. The highest BCUT2D eigenvalue weighted by molar-refractivity contribution is 5.14. The van der Waals surface area contributed by atoms with Crippen LogP contribution < -0.4 is 5.73 Å². The first-order chi connectivity index (χ1) is 9.81. The molecule has 1 aliphatic rings. The van der Waals surface area contributed by atoms with Crippen LogP contribution in [0.1, 0.15) is 25.3 Å². The second kappa shape index (κ2) is 8.40. The van der Waals surface area contributed by atoms with E-state index in [9.17, 15) is 0 Å². The molecule has 2 N–H and O–H groups in total. The van der Waals surface area contributed by atoms with Crippen molar-refractivity contribution in [2.45, 2.75) is 26.3 Å². The van der Waals surface area contributed by atoms with Gasteiger partial charge < -0.3 is 10.6 Å². The first kappa shape index (κ1) is 15.5. The molecular formula is C17H29N3. The average molecular weight is 275 g/mol. The number of piperazine rings is 1. The average Bonchev–Trinajstić information content (AvgIpc) is 2.50. The number of nitrogens with zero attached hydrogens (tertiary/aromatic N) is 2. The molecule has 0 amide bonds. The molecule has 2 rings (SSSR count). The quantitative estimate of drug-likeness (QED) is 0.828. The summed E-state index contributed by atoms with van der Waals surface area (Å²) >= 11 is 0. The topological polar surface area (TPSA) is 32.5 Å². The lowest BCUT2D eigenvalue weighted by atomic mass is 10.0. The molecule has 112 valence electrons. The Kier molecular flexibility index (Phi) is 6.51. The Hall–Kier alpha value is -0.900. The largest absolute Gasteiger partial charge is 0.330 e. The minimum absolute atomic E-state index is 0.681. The lowest BCUT2D eigenvalue weighted by Gasteiger charge is -2.36. The Morgan fingerprint density at radius 1 is 1.05 bits per heavy atom. The molecule has 1 heterocycles. The first-order valence-corrected chi connectivity index (χ1v) is 8.00. The predicted octanol–water partition coefficient (Wildman–Crippen LogP) is 2.18. The monoisotopic (exact) mass is 275 g/mol. The van der Waals surface area contributed by atoms with E-state index in [2.05, 4.69) is 47.1 Å². The summed E-state index contributed by atoms with van der Waals surface area (Å²) in [5.41, 5.74) is 7.29. The van der Waals surface area contributed by atoms with E-state index in [0.717, 1.165) is 13.1 Å². The molecule has 3 nitrogen and oxygen atoms in total. The maximum Gasteiger partial charge on any atom is 0.0234 e. The summed E-state index contributed by atoms with van der Waals surface area (Å²) in [7, 11) is 0. The summed E-state index contributed by atoms with van der Waals surface area (Å²) in [4.78, 5) is 5.15. The van der Waals surface area contributed by atoms with Crippen molar-refractivity contribution in [2.24, 2.45) is 11.7 Å². The highest BCUT2D eigenvalue weighted by atomic mass is 15.3. The van der Waals surface area contributed by atoms with Gasteiger partial charge in [0.15, 0.2) is 0 Å². The van der Waals surface area contributed by atoms with Crippen molar-refractivity contribution >= 4 is 0 Å². The molecule has 1 aromatic carbocycles. The van der Waals surface area contributed by atoms with Crippen LogP contribution in [-0.2, 0) is 6.54 Å². The molecule has 0 aromatic heterocycles. The van der Waals surface area contributed by atoms with Crippen molar-refractivity contribution in [1.29, 1.82) is 0 Å². The van der Waals surface area contributed by atoms with Gasteiger partial charge in [-0.3, -0.25) is 4.90 Å². The van der Waals surface area contributed by atoms with E-state index < -0.39 is 0 Å². The van der Waals surface area contributed by atoms with E-state index in [1.807, 2.05) is 0 Å². The van der Waals surface area contributed by atoms with E-state index >= 15 is 0 Å². The number of hydrogen-bond acceptors (Lipinski definition) is 3. The highest BCUT2D eigenvalue weighted by Gasteiger charge is 2.19. The van der Waals surface area contributed by atoms with Gasteiger partial charge in [-0.1, -0.05) is 43.7 Å². The fraction of sp³-hybridized carbons (Fsp3) is 0.647. The van der Waals surface area contributed by atoms with Gasteiger partial charge in [0.2, 0.25) is 0 Å². The van der Waals surface area contributed by atoms with E-state index in [4.69, 9.17) is 5.73 Å². The maximum absolute atomic E-state index is 5.87. The van der Waals surface area contributed by atoms with E-state index in [1.165, 1.54) is 51.1 Å². The minimum Gasteiger partial charge on any atom is -0.330 e. The van der Waals surface area contributed by atoms with Crippen LogP contribution in [0.25, 0.3) is 0 Å². The Labute approximate surface area is 123 Å². The van der Waals surface area contributed by atoms with E-state index in [0.29, 0.717) is 5.92 Å². The first-order valence-electron chi connectivity index (χ1n) is 8.00. The number of hydrogen-bond donors (Lipinski definition) is 1. The molecule has 1 atom stereocenters. The molecule has 1 aromatic rings. The Balaban J connectivity index is 1.72. The van der Waals surface area contributed by atoms with E-state index in [1.54, 1.807) is 0 Å². The summed E-state index contributed by atoms with van der Waals surface area (Å²) in [5.74, 6) is 0.681. The molecule has 3 heteroatoms. The number of nitrogens with two attached hydrogens (primary N) is 1. The van der Waals surface area contributed by atoms with Crippen LogP contribution >= 0.6 is 0 Å². The standard InChI is InChI=1S/C17H29N3/c1-2-6-17(13-18)15-20-11-9-19(10-12-20)14-16-7-4-3-5-8-16/h3-5,7-8,17H,2,6,9-15,18H2,1H3. The van der Waals surface area contributed by atoms with Crippen molar-refractivity contribution < 1.29 is 0 Å². The molecule has 1 unspecified atom stereocenters. The predicted molar refractivity (Wildman–Crippen MR) is 85.6 cm³/mol. The van der Waals surface area contributed by atoms with Crippen molar-refractivity contribution in [3.05, 3.63) is 35.9 Å². The van der Waals surface area contributed by atoms with Crippen LogP contribution in [-0.4, -0.2) is 49.1 Å². The Morgan fingerprint density at radius 3 is 2.30 bits per heavy atom. The highest BCUT2D eigenvalue weighted by Crippen LogP contribution is 2.12. The van der Waals surface area contributed by atoms with Gasteiger partial charge in [0, 0.05) is 39.3 Å². The Bertz CT molecular complexity index is 358. The lowest BCUT2D eigenvalue weighted by molar-refractivity contribution is 0.112. The molecule has 1 aliphatic heterocycles. The second-order valence-corrected chi connectivity index (χ2v) is 5.95. The molecule has 0 bridgehead atoms. The summed E-state index contributed by atoms with van der Waals surface area (Å²) in [5, 5.41) is 0. The lowest BCUT2D eigenvalue weighted by Crippen LogP contribution is -2.47. The van der Waals surface area contributed by atoms with Crippen molar-refractivity contribution in [2.75, 3.05) is 39.3 Å². The van der Waals surface area contributed by atoms with Crippen LogP contribution in [0.5, 0.6) is 0 Å². The fourth-order valence-electron chi connectivity index (χ4n) is 3.03. The fourth-order valence-corrected chi connectivity index (χ4v) is 3.03. The zero-order chi connectivity index (χ0) is 14.2. The van der Waals surface area contributed by atoms with Crippen LogP contribution in [0, 0.1) is 5.92 Å². The van der Waals surface area contributed by atoms with Gasteiger partial charge in [-0.05, 0) is 24.4 Å². The minimum atomic E-state index is 0.681. The number of benzene rings is 1. The molecule has 1 saturated heterocycles. The van der Waals surface area contributed by atoms with Crippen molar-refractivity contribution in [1.82, 2.24) is 9.80 Å². The molecule has 0 radical (unpaired) electrons. The molecule has 0 saturated carbocycles. The molecule has 20 heavy (non-hydrogen) atoms. The summed E-state index contributed by atoms with van der Waals surface area (Å²) in [6.07, 6.45) is 2.51. The second-order valence-electron chi connectivity index (χ2n) is 5.95. The van der Waals surface area contributed by atoms with Gasteiger partial charge in [-0.25, -0.2) is 0 Å². The third kappa shape index (κ3) is 4.89. The van der Waals surface area contributed by atoms with Crippen molar-refractivity contribution in [3.8, 4) is 0 Å². The van der Waals surface area contributed by atoms with Crippen LogP contribution in [0.15, 0.2) is 30.3 Å². The van der Waals surface area contributed by atoms with Crippen molar-refractivity contribution in [3.63, 3.8) is 0 Å². The summed E-state index contributed by atoms with van der Waals surface area (Å²) in [6.45, 7) is 10.1. The van der Waals surface area contributed by atoms with E-state index in [-0.39, 0.29) is 0 Å². The summed E-state index contributed by atoms with van der Waals surface area (Å²) in [6, 6.07) is 10.8. The molecule has 0 aliphatic carbocycles. The maximum atomic E-state index is 5.87. The van der Waals surface area contributed by atoms with Gasteiger partial charge >= 0.3 is 0 Å². The van der Waals surface area contributed by atoms with Crippen LogP contribution in [0.4, 0.5) is 0 Å². The SMILES string of the molecule is CCCC(CN)CN1CCN(Cc2ccccc2)CC1. The zero-order valence-electron chi connectivity index (χ0n) is 12.8. The van der Waals surface area contributed by atoms with Gasteiger partial charge in [0.25, 0.3) is 0 Å². The number of rotatable bonds is 7. The van der Waals surface area contributed by atoms with Gasteiger partial charge in [0.05, 0.1) is 0 Å². The third-order valence-corrected chi connectivity index (χ3v) is 4.26. The van der Waals surface area contributed by atoms with Crippen LogP contribution in [0.2, 0.25) is 0 Å². The van der Waals surface area contributed by atoms with Gasteiger partial charge in [-0.2, -0.15) is 0 Å². The normalized spacial score (nSPS) is 19.1. The van der Waals surface area contributed by atoms with Gasteiger partial charge in [0.1, 0.15) is 0 Å². The molecule has 1 fully saturated rings. The molecular weight excluding hydrogens is 246 g/mol. The van der Waals surface area contributed by atoms with Gasteiger partial charge in [-0.15, -0.1) is 0 Å². The molecule has 0 spiro atoms. The Morgan fingerprint density at radius 2 is 1.70 bits per heavy atom.